The van der Waals surface area contributed by atoms with E-state index in [1.54, 1.807) is 31.6 Å². The minimum Gasteiger partial charge on any atom is -0.493 e. The predicted octanol–water partition coefficient (Wildman–Crippen LogP) is 3.15. The first kappa shape index (κ1) is 13.6. The summed E-state index contributed by atoms with van der Waals surface area (Å²) in [5.74, 6) is 1.21. The van der Waals surface area contributed by atoms with Gasteiger partial charge in [-0.2, -0.15) is 5.26 Å². The van der Waals surface area contributed by atoms with E-state index in [0.29, 0.717) is 23.7 Å². The molecule has 4 nitrogen and oxygen atoms in total. The minimum absolute atomic E-state index is 0.409. The molecular formula is C14H11IN2O2. The summed E-state index contributed by atoms with van der Waals surface area (Å²) in [6.07, 6.45) is 3.47. The number of aromatic nitrogens is 1. The molecule has 0 aliphatic carbocycles. The molecule has 0 unspecified atom stereocenters. The van der Waals surface area contributed by atoms with E-state index in [1.807, 2.05) is 12.1 Å². The molecule has 2 aromatic rings. The minimum atomic E-state index is 0.409. The summed E-state index contributed by atoms with van der Waals surface area (Å²) in [6, 6.07) is 9.33. The summed E-state index contributed by atoms with van der Waals surface area (Å²) in [5, 5.41) is 8.92. The maximum absolute atomic E-state index is 8.92. The van der Waals surface area contributed by atoms with Crippen LogP contribution in [0.5, 0.6) is 11.5 Å². The second-order valence-electron chi connectivity index (χ2n) is 3.75. The summed E-state index contributed by atoms with van der Waals surface area (Å²) in [5.41, 5.74) is 1.53. The third-order valence-corrected chi connectivity index (χ3v) is 3.27. The lowest BCUT2D eigenvalue weighted by Gasteiger charge is -2.12. The van der Waals surface area contributed by atoms with Gasteiger partial charge in [0, 0.05) is 24.0 Å². The van der Waals surface area contributed by atoms with Gasteiger partial charge in [0.25, 0.3) is 0 Å². The summed E-state index contributed by atoms with van der Waals surface area (Å²) >= 11 is 2.13. The molecule has 0 bridgehead atoms. The molecule has 0 radical (unpaired) electrons. The van der Waals surface area contributed by atoms with Crippen LogP contribution in [0, 0.1) is 14.9 Å². The van der Waals surface area contributed by atoms with Crippen LogP contribution in [0.25, 0.3) is 0 Å². The lowest BCUT2D eigenvalue weighted by molar-refractivity contribution is 0.282. The Kier molecular flexibility index (Phi) is 4.58. The number of ether oxygens (including phenoxy) is 2. The molecule has 0 fully saturated rings. The second-order valence-corrected chi connectivity index (χ2v) is 4.91. The highest BCUT2D eigenvalue weighted by Gasteiger charge is 2.11. The number of nitriles is 1. The van der Waals surface area contributed by atoms with Gasteiger partial charge in [-0.3, -0.25) is 4.98 Å². The van der Waals surface area contributed by atoms with Crippen molar-refractivity contribution in [3.8, 4) is 17.6 Å². The van der Waals surface area contributed by atoms with E-state index in [4.69, 9.17) is 14.7 Å². The van der Waals surface area contributed by atoms with E-state index in [0.717, 1.165) is 9.13 Å². The Hall–Kier alpha value is -1.81. The Bertz CT molecular complexity index is 609. The van der Waals surface area contributed by atoms with E-state index in [1.165, 1.54) is 0 Å². The molecular weight excluding hydrogens is 355 g/mol. The first-order valence-electron chi connectivity index (χ1n) is 5.54. The zero-order valence-electron chi connectivity index (χ0n) is 10.3. The van der Waals surface area contributed by atoms with Crippen LogP contribution in [0.15, 0.2) is 36.7 Å². The topological polar surface area (TPSA) is 55.1 Å². The molecule has 19 heavy (non-hydrogen) atoms. The Morgan fingerprint density at radius 2 is 2.26 bits per heavy atom. The van der Waals surface area contributed by atoms with Crippen molar-refractivity contribution in [3.63, 3.8) is 0 Å². The predicted molar refractivity (Wildman–Crippen MR) is 79.0 cm³/mol. The monoisotopic (exact) mass is 366 g/mol. The molecule has 0 aliphatic heterocycles. The standard InChI is InChI=1S/C14H11IN2O2/c1-18-13-6-11(7-16)5-12(15)14(13)19-9-10-3-2-4-17-8-10/h2-6,8H,9H2,1H3. The highest BCUT2D eigenvalue weighted by molar-refractivity contribution is 14.1. The fourth-order valence-corrected chi connectivity index (χ4v) is 2.32. The van der Waals surface area contributed by atoms with E-state index in [9.17, 15) is 0 Å². The number of hydrogen-bond acceptors (Lipinski definition) is 4. The van der Waals surface area contributed by atoms with Crippen molar-refractivity contribution in [2.45, 2.75) is 6.61 Å². The Balaban J connectivity index is 2.23. The quantitative estimate of drug-likeness (QED) is 0.781. The average Bonchev–Trinajstić information content (AvgIpc) is 2.46. The molecule has 0 N–H and O–H groups in total. The zero-order chi connectivity index (χ0) is 13.7. The molecule has 0 aliphatic rings. The molecule has 0 saturated heterocycles. The van der Waals surface area contributed by atoms with Crippen molar-refractivity contribution in [3.05, 3.63) is 51.4 Å². The van der Waals surface area contributed by atoms with Gasteiger partial charge in [-0.05, 0) is 34.7 Å². The largest absolute Gasteiger partial charge is 0.493 e. The smallest absolute Gasteiger partial charge is 0.175 e. The maximum atomic E-state index is 8.92. The van der Waals surface area contributed by atoms with E-state index < -0.39 is 0 Å². The Morgan fingerprint density at radius 1 is 1.42 bits per heavy atom. The molecule has 2 rings (SSSR count). The molecule has 0 spiro atoms. The fourth-order valence-electron chi connectivity index (χ4n) is 1.56. The van der Waals surface area contributed by atoms with E-state index in [-0.39, 0.29) is 0 Å². The summed E-state index contributed by atoms with van der Waals surface area (Å²) in [4.78, 5) is 4.03. The Labute approximate surface area is 125 Å². The molecule has 1 aromatic heterocycles. The lowest BCUT2D eigenvalue weighted by Crippen LogP contribution is -2.00. The maximum Gasteiger partial charge on any atom is 0.175 e. The van der Waals surface area contributed by atoms with Gasteiger partial charge in [-0.15, -0.1) is 0 Å². The van der Waals surface area contributed by atoms with Gasteiger partial charge in [0.1, 0.15) is 6.61 Å². The number of benzene rings is 1. The first-order valence-corrected chi connectivity index (χ1v) is 6.62. The van der Waals surface area contributed by atoms with Gasteiger partial charge >= 0.3 is 0 Å². The van der Waals surface area contributed by atoms with Gasteiger partial charge in [-0.25, -0.2) is 0 Å². The normalized spacial score (nSPS) is 9.74. The van der Waals surface area contributed by atoms with Crippen molar-refractivity contribution in [2.24, 2.45) is 0 Å². The van der Waals surface area contributed by atoms with Crippen LogP contribution in [0.4, 0.5) is 0 Å². The fraction of sp³-hybridized carbons (Fsp3) is 0.143. The number of methoxy groups -OCH3 is 1. The molecule has 96 valence electrons. The average molecular weight is 366 g/mol. The number of pyridine rings is 1. The van der Waals surface area contributed by atoms with Gasteiger partial charge in [-0.1, -0.05) is 6.07 Å². The first-order chi connectivity index (χ1) is 9.24. The van der Waals surface area contributed by atoms with Crippen LogP contribution in [-0.4, -0.2) is 12.1 Å². The van der Waals surface area contributed by atoms with Crippen molar-refractivity contribution in [2.75, 3.05) is 7.11 Å². The third-order valence-electron chi connectivity index (χ3n) is 2.46. The highest BCUT2D eigenvalue weighted by Crippen LogP contribution is 2.34. The van der Waals surface area contributed by atoms with Gasteiger partial charge < -0.3 is 9.47 Å². The summed E-state index contributed by atoms with van der Waals surface area (Å²) in [6.45, 7) is 0.409. The lowest BCUT2D eigenvalue weighted by atomic mass is 10.2. The second kappa shape index (κ2) is 6.38. The molecule has 0 amide bonds. The van der Waals surface area contributed by atoms with Crippen LogP contribution in [-0.2, 0) is 6.61 Å². The SMILES string of the molecule is COc1cc(C#N)cc(I)c1OCc1cccnc1. The van der Waals surface area contributed by atoms with Crippen molar-refractivity contribution in [1.82, 2.24) is 4.98 Å². The number of nitrogens with zero attached hydrogens (tertiary/aromatic N) is 2. The Morgan fingerprint density at radius 3 is 2.89 bits per heavy atom. The van der Waals surface area contributed by atoms with Crippen LogP contribution in [0.1, 0.15) is 11.1 Å². The number of halogens is 1. The third kappa shape index (κ3) is 3.35. The zero-order valence-corrected chi connectivity index (χ0v) is 12.4. The summed E-state index contributed by atoms with van der Waals surface area (Å²) in [7, 11) is 1.56. The number of hydrogen-bond donors (Lipinski definition) is 0. The molecule has 1 aromatic carbocycles. The van der Waals surface area contributed by atoms with Crippen LogP contribution < -0.4 is 9.47 Å². The van der Waals surface area contributed by atoms with Crippen molar-refractivity contribution in [1.29, 1.82) is 5.26 Å². The van der Waals surface area contributed by atoms with E-state index in [2.05, 4.69) is 33.6 Å². The highest BCUT2D eigenvalue weighted by atomic mass is 127. The van der Waals surface area contributed by atoms with Gasteiger partial charge in [0.15, 0.2) is 11.5 Å². The van der Waals surface area contributed by atoms with Crippen LogP contribution >= 0.6 is 22.6 Å². The number of rotatable bonds is 4. The van der Waals surface area contributed by atoms with E-state index >= 15 is 0 Å². The molecule has 5 heteroatoms. The summed E-state index contributed by atoms with van der Waals surface area (Å²) < 4.78 is 11.9. The molecule has 0 saturated carbocycles. The van der Waals surface area contributed by atoms with Crippen molar-refractivity contribution >= 4 is 22.6 Å². The molecule has 0 atom stereocenters. The van der Waals surface area contributed by atoms with Gasteiger partial charge in [0.05, 0.1) is 22.3 Å². The van der Waals surface area contributed by atoms with Crippen LogP contribution in [0.3, 0.4) is 0 Å². The van der Waals surface area contributed by atoms with Crippen LogP contribution in [0.2, 0.25) is 0 Å². The van der Waals surface area contributed by atoms with Crippen molar-refractivity contribution < 1.29 is 9.47 Å². The van der Waals surface area contributed by atoms with Gasteiger partial charge in [0.2, 0.25) is 0 Å². The molecule has 1 heterocycles.